The van der Waals surface area contributed by atoms with Crippen molar-refractivity contribution in [2.75, 3.05) is 26.2 Å². The molecule has 0 unspecified atom stereocenters. The molecule has 0 saturated carbocycles. The first kappa shape index (κ1) is 13.5. The molecule has 4 nitrogen and oxygen atoms in total. The van der Waals surface area contributed by atoms with Gasteiger partial charge in [0.2, 0.25) is 5.91 Å². The molecule has 0 spiro atoms. The molecule has 0 aromatic rings. The van der Waals surface area contributed by atoms with Crippen LogP contribution in [0.2, 0.25) is 0 Å². The van der Waals surface area contributed by atoms with Crippen LogP contribution >= 0.6 is 0 Å². The molecule has 0 radical (unpaired) electrons. The number of hydrogen-bond acceptors (Lipinski definition) is 3. The van der Waals surface area contributed by atoms with E-state index in [1.165, 1.54) is 12.8 Å². The van der Waals surface area contributed by atoms with Crippen molar-refractivity contribution < 1.29 is 4.79 Å². The van der Waals surface area contributed by atoms with Crippen molar-refractivity contribution in [1.82, 2.24) is 10.2 Å². The zero-order valence-corrected chi connectivity index (χ0v) is 10.8. The van der Waals surface area contributed by atoms with E-state index in [9.17, 15) is 4.79 Å². The standard InChI is InChI=1S/C12H25N3O/c1-10-4-7-15(8-5-10)9-6-14-11(16)12(2,3)13/h10H,4-9,13H2,1-3H3,(H,14,16). The zero-order chi connectivity index (χ0) is 12.2. The monoisotopic (exact) mass is 227 g/mol. The maximum atomic E-state index is 11.5. The Bertz CT molecular complexity index is 227. The Kier molecular flexibility index (Phi) is 4.74. The summed E-state index contributed by atoms with van der Waals surface area (Å²) in [6.45, 7) is 9.71. The molecule has 0 bridgehead atoms. The predicted molar refractivity (Wildman–Crippen MR) is 66.1 cm³/mol. The number of likely N-dealkylation sites (tertiary alicyclic amines) is 1. The molecular weight excluding hydrogens is 202 g/mol. The lowest BCUT2D eigenvalue weighted by atomic mass is 9.99. The van der Waals surface area contributed by atoms with Crippen LogP contribution in [0.1, 0.15) is 33.6 Å². The van der Waals surface area contributed by atoms with Crippen LogP contribution in [0.4, 0.5) is 0 Å². The second-order valence-corrected chi connectivity index (χ2v) is 5.50. The van der Waals surface area contributed by atoms with Gasteiger partial charge < -0.3 is 16.0 Å². The maximum absolute atomic E-state index is 11.5. The Morgan fingerprint density at radius 1 is 1.44 bits per heavy atom. The Hall–Kier alpha value is -0.610. The fraction of sp³-hybridized carbons (Fsp3) is 0.917. The van der Waals surface area contributed by atoms with Gasteiger partial charge in [-0.25, -0.2) is 0 Å². The van der Waals surface area contributed by atoms with E-state index in [1.54, 1.807) is 13.8 Å². The van der Waals surface area contributed by atoms with Gasteiger partial charge in [-0.05, 0) is 45.7 Å². The van der Waals surface area contributed by atoms with Gasteiger partial charge in [0.15, 0.2) is 0 Å². The third-order valence-corrected chi connectivity index (χ3v) is 3.18. The van der Waals surface area contributed by atoms with E-state index >= 15 is 0 Å². The molecule has 4 heteroatoms. The molecule has 1 fully saturated rings. The number of rotatable bonds is 4. The Morgan fingerprint density at radius 2 is 2.00 bits per heavy atom. The highest BCUT2D eigenvalue weighted by atomic mass is 16.2. The molecule has 0 atom stereocenters. The van der Waals surface area contributed by atoms with Gasteiger partial charge in [-0.3, -0.25) is 4.79 Å². The summed E-state index contributed by atoms with van der Waals surface area (Å²) in [5, 5.41) is 2.88. The molecule has 1 aliphatic heterocycles. The largest absolute Gasteiger partial charge is 0.353 e. The normalized spacial score (nSPS) is 19.8. The Labute approximate surface area is 98.6 Å². The minimum Gasteiger partial charge on any atom is -0.353 e. The van der Waals surface area contributed by atoms with E-state index in [2.05, 4.69) is 17.1 Å². The topological polar surface area (TPSA) is 58.4 Å². The van der Waals surface area contributed by atoms with Crippen molar-refractivity contribution in [2.24, 2.45) is 11.7 Å². The van der Waals surface area contributed by atoms with E-state index in [1.807, 2.05) is 0 Å². The molecule has 0 aliphatic carbocycles. The molecule has 0 aromatic carbocycles. The van der Waals surface area contributed by atoms with Crippen LogP contribution < -0.4 is 11.1 Å². The smallest absolute Gasteiger partial charge is 0.239 e. The molecule has 1 heterocycles. The molecule has 1 saturated heterocycles. The fourth-order valence-electron chi connectivity index (χ4n) is 1.84. The lowest BCUT2D eigenvalue weighted by Gasteiger charge is -2.30. The minimum atomic E-state index is -0.767. The van der Waals surface area contributed by atoms with Gasteiger partial charge in [0.25, 0.3) is 0 Å². The van der Waals surface area contributed by atoms with E-state index < -0.39 is 5.54 Å². The Morgan fingerprint density at radius 3 is 2.50 bits per heavy atom. The summed E-state index contributed by atoms with van der Waals surface area (Å²) in [6.07, 6.45) is 2.55. The zero-order valence-electron chi connectivity index (χ0n) is 10.8. The summed E-state index contributed by atoms with van der Waals surface area (Å²) in [7, 11) is 0. The van der Waals surface area contributed by atoms with Crippen molar-refractivity contribution in [3.8, 4) is 0 Å². The molecule has 0 aromatic heterocycles. The van der Waals surface area contributed by atoms with Crippen LogP contribution in [0, 0.1) is 5.92 Å². The van der Waals surface area contributed by atoms with E-state index in [0.29, 0.717) is 6.54 Å². The molecule has 16 heavy (non-hydrogen) atoms. The van der Waals surface area contributed by atoms with Gasteiger partial charge in [0.05, 0.1) is 5.54 Å². The second kappa shape index (κ2) is 5.64. The van der Waals surface area contributed by atoms with Crippen LogP contribution in [0.25, 0.3) is 0 Å². The highest BCUT2D eigenvalue weighted by Gasteiger charge is 2.21. The molecule has 3 N–H and O–H groups in total. The van der Waals surface area contributed by atoms with Crippen molar-refractivity contribution >= 4 is 5.91 Å². The highest BCUT2D eigenvalue weighted by molar-refractivity contribution is 5.84. The lowest BCUT2D eigenvalue weighted by molar-refractivity contribution is -0.125. The summed E-state index contributed by atoms with van der Waals surface area (Å²) in [5.41, 5.74) is 4.92. The first-order valence-corrected chi connectivity index (χ1v) is 6.19. The summed E-state index contributed by atoms with van der Waals surface area (Å²) in [5.74, 6) is 0.784. The van der Waals surface area contributed by atoms with E-state index in [0.717, 1.165) is 25.6 Å². The van der Waals surface area contributed by atoms with Gasteiger partial charge in [0, 0.05) is 13.1 Å². The SMILES string of the molecule is CC1CCN(CCNC(=O)C(C)(C)N)CC1. The van der Waals surface area contributed by atoms with E-state index in [-0.39, 0.29) is 5.91 Å². The van der Waals surface area contributed by atoms with Crippen LogP contribution in [0.5, 0.6) is 0 Å². The summed E-state index contributed by atoms with van der Waals surface area (Å²) >= 11 is 0. The van der Waals surface area contributed by atoms with Gasteiger partial charge >= 0.3 is 0 Å². The number of amides is 1. The van der Waals surface area contributed by atoms with Crippen molar-refractivity contribution in [3.63, 3.8) is 0 Å². The predicted octanol–water partition coefficient (Wildman–Crippen LogP) is 0.572. The van der Waals surface area contributed by atoms with Crippen LogP contribution in [0.15, 0.2) is 0 Å². The lowest BCUT2D eigenvalue weighted by Crippen LogP contribution is -2.50. The summed E-state index contributed by atoms with van der Waals surface area (Å²) in [6, 6.07) is 0. The third-order valence-electron chi connectivity index (χ3n) is 3.18. The number of carbonyl (C=O) groups is 1. The number of nitrogens with two attached hydrogens (primary N) is 1. The fourth-order valence-corrected chi connectivity index (χ4v) is 1.84. The highest BCUT2D eigenvalue weighted by Crippen LogP contribution is 2.15. The molecule has 1 amide bonds. The van der Waals surface area contributed by atoms with Gasteiger partial charge in [-0.15, -0.1) is 0 Å². The minimum absolute atomic E-state index is 0.0714. The molecular formula is C12H25N3O. The van der Waals surface area contributed by atoms with Crippen LogP contribution in [0.3, 0.4) is 0 Å². The van der Waals surface area contributed by atoms with Crippen LogP contribution in [-0.4, -0.2) is 42.5 Å². The van der Waals surface area contributed by atoms with Gasteiger partial charge in [0.1, 0.15) is 0 Å². The number of nitrogens with one attached hydrogen (secondary N) is 1. The summed E-state index contributed by atoms with van der Waals surface area (Å²) < 4.78 is 0. The van der Waals surface area contributed by atoms with Crippen molar-refractivity contribution in [2.45, 2.75) is 39.2 Å². The second-order valence-electron chi connectivity index (χ2n) is 5.50. The maximum Gasteiger partial charge on any atom is 0.239 e. The number of hydrogen-bond donors (Lipinski definition) is 2. The first-order chi connectivity index (χ1) is 7.39. The van der Waals surface area contributed by atoms with Crippen LogP contribution in [-0.2, 0) is 4.79 Å². The molecule has 1 aliphatic rings. The number of carbonyl (C=O) groups excluding carboxylic acids is 1. The van der Waals surface area contributed by atoms with Gasteiger partial charge in [-0.1, -0.05) is 6.92 Å². The Balaban J connectivity index is 2.14. The van der Waals surface area contributed by atoms with Gasteiger partial charge in [-0.2, -0.15) is 0 Å². The quantitative estimate of drug-likeness (QED) is 0.738. The molecule has 94 valence electrons. The molecule has 1 rings (SSSR count). The van der Waals surface area contributed by atoms with Crippen molar-refractivity contribution in [3.05, 3.63) is 0 Å². The average Bonchev–Trinajstić information content (AvgIpc) is 2.19. The number of nitrogens with zero attached hydrogens (tertiary/aromatic N) is 1. The number of piperidine rings is 1. The average molecular weight is 227 g/mol. The first-order valence-electron chi connectivity index (χ1n) is 6.19. The third kappa shape index (κ3) is 4.49. The summed E-state index contributed by atoms with van der Waals surface area (Å²) in [4.78, 5) is 13.9. The van der Waals surface area contributed by atoms with Crippen molar-refractivity contribution in [1.29, 1.82) is 0 Å². The van der Waals surface area contributed by atoms with E-state index in [4.69, 9.17) is 5.73 Å².